The SMILES string of the molecule is CCCCCCCCC(=O)OCC(COC(=O)CCCCCCCC)CC(=O)OC[C@@H]1C[C@H](OC(=O)CC(COC(=O)CCCCCCCC)COC(=O)CCCCCCCC)C[NH2+]1. The molecular weight excluding hydrogens is 819 g/mol. The molecule has 0 aromatic rings. The summed E-state index contributed by atoms with van der Waals surface area (Å²) >= 11 is 0. The molecule has 1 saturated heterocycles. The van der Waals surface area contributed by atoms with Crippen molar-refractivity contribution in [3.05, 3.63) is 0 Å². The van der Waals surface area contributed by atoms with E-state index in [-0.39, 0.29) is 75.8 Å². The number of esters is 6. The molecule has 1 aliphatic heterocycles. The third kappa shape index (κ3) is 35.1. The van der Waals surface area contributed by atoms with Crippen molar-refractivity contribution in [2.75, 3.05) is 39.6 Å². The van der Waals surface area contributed by atoms with E-state index in [1.54, 1.807) is 0 Å². The second-order valence-electron chi connectivity index (χ2n) is 18.2. The highest BCUT2D eigenvalue weighted by Gasteiger charge is 2.33. The highest BCUT2D eigenvalue weighted by atomic mass is 16.6. The van der Waals surface area contributed by atoms with Crippen LogP contribution in [0.2, 0.25) is 0 Å². The summed E-state index contributed by atoms with van der Waals surface area (Å²) in [5, 5.41) is 1.97. The number of hydrogen-bond acceptors (Lipinski definition) is 12. The van der Waals surface area contributed by atoms with Gasteiger partial charge in [0.25, 0.3) is 0 Å². The Hall–Kier alpha value is -3.22. The van der Waals surface area contributed by atoms with Crippen LogP contribution in [-0.2, 0) is 57.2 Å². The third-order valence-corrected chi connectivity index (χ3v) is 11.8. The highest BCUT2D eigenvalue weighted by Crippen LogP contribution is 2.17. The normalized spacial score (nSPS) is 14.7. The molecule has 372 valence electrons. The van der Waals surface area contributed by atoms with Crippen LogP contribution in [0.3, 0.4) is 0 Å². The molecule has 1 aliphatic rings. The fourth-order valence-electron chi connectivity index (χ4n) is 7.73. The molecule has 1 fully saturated rings. The molecule has 0 saturated carbocycles. The van der Waals surface area contributed by atoms with Gasteiger partial charge in [0.1, 0.15) is 19.2 Å². The second-order valence-corrected chi connectivity index (χ2v) is 18.2. The zero-order chi connectivity index (χ0) is 46.9. The van der Waals surface area contributed by atoms with Crippen molar-refractivity contribution in [1.82, 2.24) is 0 Å². The molecule has 0 aromatic carbocycles. The van der Waals surface area contributed by atoms with Crippen LogP contribution in [0, 0.1) is 11.8 Å². The van der Waals surface area contributed by atoms with Gasteiger partial charge in [-0.3, -0.25) is 28.8 Å². The minimum Gasteiger partial charge on any atom is -0.465 e. The van der Waals surface area contributed by atoms with E-state index < -0.39 is 29.9 Å². The molecule has 0 aliphatic carbocycles. The molecule has 64 heavy (non-hydrogen) atoms. The van der Waals surface area contributed by atoms with Crippen LogP contribution < -0.4 is 5.32 Å². The Bertz CT molecular complexity index is 1160. The van der Waals surface area contributed by atoms with Crippen molar-refractivity contribution in [3.63, 3.8) is 0 Å². The summed E-state index contributed by atoms with van der Waals surface area (Å²) in [7, 11) is 0. The number of unbranched alkanes of at least 4 members (excludes halogenated alkanes) is 20. The molecule has 13 heteroatoms. The summed E-state index contributed by atoms with van der Waals surface area (Å²) in [4.78, 5) is 76.3. The quantitative estimate of drug-likeness (QED) is 0.0349. The lowest BCUT2D eigenvalue weighted by Crippen LogP contribution is -2.88. The molecule has 0 radical (unpaired) electrons. The second kappa shape index (κ2) is 41.2. The minimum atomic E-state index is -0.534. The number of carbonyl (C=O) groups is 6. The van der Waals surface area contributed by atoms with E-state index in [0.717, 1.165) is 128 Å². The molecule has 0 spiro atoms. The van der Waals surface area contributed by atoms with Crippen LogP contribution in [0.4, 0.5) is 0 Å². The van der Waals surface area contributed by atoms with E-state index >= 15 is 0 Å². The zero-order valence-corrected chi connectivity index (χ0v) is 40.9. The number of carbonyl (C=O) groups excluding carboxylic acids is 6. The van der Waals surface area contributed by atoms with Crippen LogP contribution in [0.25, 0.3) is 0 Å². The molecule has 1 rings (SSSR count). The number of rotatable bonds is 43. The van der Waals surface area contributed by atoms with Gasteiger partial charge in [0.05, 0.1) is 39.3 Å². The Morgan fingerprint density at radius 2 is 0.719 bits per heavy atom. The average molecular weight is 911 g/mol. The zero-order valence-electron chi connectivity index (χ0n) is 40.9. The van der Waals surface area contributed by atoms with Crippen molar-refractivity contribution >= 4 is 35.8 Å². The Morgan fingerprint density at radius 3 is 1.06 bits per heavy atom. The largest absolute Gasteiger partial charge is 0.465 e. The Balaban J connectivity index is 2.64. The van der Waals surface area contributed by atoms with Gasteiger partial charge in [0.15, 0.2) is 6.10 Å². The number of hydrogen-bond donors (Lipinski definition) is 1. The molecule has 0 bridgehead atoms. The first-order chi connectivity index (χ1) is 31.1. The minimum absolute atomic E-state index is 0.0406. The predicted octanol–water partition coefficient (Wildman–Crippen LogP) is 9.96. The van der Waals surface area contributed by atoms with E-state index in [9.17, 15) is 28.8 Å². The van der Waals surface area contributed by atoms with E-state index in [4.69, 9.17) is 28.4 Å². The smallest absolute Gasteiger partial charge is 0.306 e. The van der Waals surface area contributed by atoms with Crippen molar-refractivity contribution in [3.8, 4) is 0 Å². The van der Waals surface area contributed by atoms with Crippen LogP contribution in [0.1, 0.15) is 227 Å². The summed E-state index contributed by atoms with van der Waals surface area (Å²) in [6, 6.07) is -0.132. The highest BCUT2D eigenvalue weighted by molar-refractivity contribution is 5.72. The number of ether oxygens (including phenoxy) is 6. The lowest BCUT2D eigenvalue weighted by Gasteiger charge is -2.18. The van der Waals surface area contributed by atoms with Gasteiger partial charge in [-0.1, -0.05) is 156 Å². The number of nitrogens with two attached hydrogens (primary N) is 1. The van der Waals surface area contributed by atoms with Gasteiger partial charge in [0, 0.05) is 43.9 Å². The average Bonchev–Trinajstić information content (AvgIpc) is 3.73. The summed E-state index contributed by atoms with van der Waals surface area (Å²) in [6.07, 6.45) is 26.4. The van der Waals surface area contributed by atoms with Crippen LogP contribution in [0.5, 0.6) is 0 Å². The first kappa shape index (κ1) is 58.8. The van der Waals surface area contributed by atoms with E-state index in [0.29, 0.717) is 38.6 Å². The lowest BCUT2D eigenvalue weighted by molar-refractivity contribution is -0.673. The van der Waals surface area contributed by atoms with Crippen molar-refractivity contribution in [1.29, 1.82) is 0 Å². The van der Waals surface area contributed by atoms with E-state index in [1.165, 1.54) is 25.7 Å². The lowest BCUT2D eigenvalue weighted by atomic mass is 10.1. The number of quaternary nitrogens is 1. The fourth-order valence-corrected chi connectivity index (χ4v) is 7.73. The maximum absolute atomic E-state index is 13.2. The predicted molar refractivity (Wildman–Crippen MR) is 248 cm³/mol. The monoisotopic (exact) mass is 911 g/mol. The van der Waals surface area contributed by atoms with Gasteiger partial charge in [-0.25, -0.2) is 0 Å². The summed E-state index contributed by atoms with van der Waals surface area (Å²) in [6.45, 7) is 9.08. The van der Waals surface area contributed by atoms with Gasteiger partial charge < -0.3 is 33.7 Å². The van der Waals surface area contributed by atoms with Gasteiger partial charge in [0.2, 0.25) is 0 Å². The Kier molecular flexibility index (Phi) is 37.9. The maximum atomic E-state index is 13.2. The van der Waals surface area contributed by atoms with E-state index in [1.807, 2.05) is 5.32 Å². The molecule has 13 nitrogen and oxygen atoms in total. The molecule has 0 aromatic heterocycles. The van der Waals surface area contributed by atoms with Gasteiger partial charge in [-0.15, -0.1) is 0 Å². The molecule has 2 atom stereocenters. The van der Waals surface area contributed by atoms with Gasteiger partial charge in [-0.2, -0.15) is 0 Å². The molecule has 1 heterocycles. The Morgan fingerprint density at radius 1 is 0.406 bits per heavy atom. The van der Waals surface area contributed by atoms with Crippen molar-refractivity contribution < 1.29 is 62.5 Å². The molecular formula is C51H92NO12+. The Labute approximate surface area is 387 Å². The topological polar surface area (TPSA) is 174 Å². The van der Waals surface area contributed by atoms with E-state index in [2.05, 4.69) is 27.7 Å². The van der Waals surface area contributed by atoms with Gasteiger partial charge >= 0.3 is 35.8 Å². The van der Waals surface area contributed by atoms with Crippen LogP contribution in [0.15, 0.2) is 0 Å². The summed E-state index contributed by atoms with van der Waals surface area (Å²) < 4.78 is 33.6. The van der Waals surface area contributed by atoms with Crippen molar-refractivity contribution in [2.45, 2.75) is 239 Å². The third-order valence-electron chi connectivity index (χ3n) is 11.8. The van der Waals surface area contributed by atoms with Crippen LogP contribution >= 0.6 is 0 Å². The summed E-state index contributed by atoms with van der Waals surface area (Å²) in [5.74, 6) is -3.33. The fraction of sp³-hybridized carbons (Fsp3) is 0.882. The van der Waals surface area contributed by atoms with Gasteiger partial charge in [-0.05, 0) is 25.7 Å². The maximum Gasteiger partial charge on any atom is 0.306 e. The summed E-state index contributed by atoms with van der Waals surface area (Å²) in [5.41, 5.74) is 0. The molecule has 2 N–H and O–H groups in total. The molecule has 0 amide bonds. The van der Waals surface area contributed by atoms with Crippen LogP contribution in [-0.4, -0.2) is 87.5 Å². The van der Waals surface area contributed by atoms with Crippen molar-refractivity contribution in [2.24, 2.45) is 11.8 Å². The molecule has 0 unspecified atom stereocenters. The first-order valence-corrected chi connectivity index (χ1v) is 25.9. The standard InChI is InChI=1S/C51H91NO12/c1-5-9-13-17-21-25-29-46(53)59-37-42(38-60-47(54)30-26-22-18-14-10-6-2)33-50(57)63-41-44-35-45(36-52-44)64-51(58)34-43(39-61-48(55)31-27-23-19-15-11-7-3)40-62-49(56)32-28-24-20-16-12-8-4/h42-45,52H,5-41H2,1-4H3/p+1/t44-,45-/m0/s1. The first-order valence-electron chi connectivity index (χ1n) is 25.9.